The Labute approximate surface area is 158 Å². The molecular weight excluding hydrogens is 348 g/mol. The lowest BCUT2D eigenvalue weighted by atomic mass is 10.1. The molecule has 26 heavy (non-hydrogen) atoms. The molecule has 6 nitrogen and oxygen atoms in total. The molecule has 1 aromatic carbocycles. The van der Waals surface area contributed by atoms with Crippen LogP contribution in [0.5, 0.6) is 0 Å². The summed E-state index contributed by atoms with van der Waals surface area (Å²) in [6.45, 7) is 8.13. The smallest absolute Gasteiger partial charge is 0.161 e. The number of anilines is 2. The van der Waals surface area contributed by atoms with Gasteiger partial charge in [0.2, 0.25) is 0 Å². The fourth-order valence-corrected chi connectivity index (χ4v) is 3.27. The molecule has 1 saturated heterocycles. The second kappa shape index (κ2) is 7.42. The first kappa shape index (κ1) is 18.9. The van der Waals surface area contributed by atoms with Crippen molar-refractivity contribution in [3.8, 4) is 11.4 Å². The molecule has 2 atom stereocenters. The van der Waals surface area contributed by atoms with Crippen molar-refractivity contribution in [3.63, 3.8) is 0 Å². The molecule has 1 fully saturated rings. The van der Waals surface area contributed by atoms with Crippen LogP contribution < -0.4 is 10.6 Å². The number of rotatable bonds is 4. The van der Waals surface area contributed by atoms with Gasteiger partial charge in [0.15, 0.2) is 10.6 Å². The van der Waals surface area contributed by atoms with Crippen LogP contribution in [0.25, 0.3) is 11.4 Å². The zero-order valence-electron chi connectivity index (χ0n) is 15.7. The number of hydrogen-bond donors (Lipinski definition) is 1. The topological polar surface area (TPSA) is 87.3 Å². The zero-order valence-corrected chi connectivity index (χ0v) is 16.5. The van der Waals surface area contributed by atoms with Crippen LogP contribution in [0, 0.1) is 0 Å². The maximum absolute atomic E-state index is 12.3. The summed E-state index contributed by atoms with van der Waals surface area (Å²) in [5, 5.41) is 0. The molecular formula is C19H26N4O2S. The molecule has 0 amide bonds. The molecule has 7 heteroatoms. The van der Waals surface area contributed by atoms with Gasteiger partial charge >= 0.3 is 0 Å². The van der Waals surface area contributed by atoms with Crippen LogP contribution in [0.3, 0.4) is 0 Å². The minimum Gasteiger partial charge on any atom is -0.616 e. The number of nitrogen functional groups attached to an aromatic ring is 1. The van der Waals surface area contributed by atoms with E-state index in [-0.39, 0.29) is 6.04 Å². The van der Waals surface area contributed by atoms with Gasteiger partial charge in [0, 0.05) is 23.9 Å². The highest BCUT2D eigenvalue weighted by Gasteiger charge is 2.34. The van der Waals surface area contributed by atoms with Gasteiger partial charge in [-0.05, 0) is 56.2 Å². The minimum atomic E-state index is -1.07. The van der Waals surface area contributed by atoms with Crippen molar-refractivity contribution in [1.82, 2.24) is 9.97 Å². The van der Waals surface area contributed by atoms with E-state index in [2.05, 4.69) is 11.8 Å². The van der Waals surface area contributed by atoms with Gasteiger partial charge < -0.3 is 19.9 Å². The molecule has 140 valence electrons. The zero-order chi connectivity index (χ0) is 18.9. The van der Waals surface area contributed by atoms with Crippen LogP contribution in [0.2, 0.25) is 0 Å². The molecule has 0 aliphatic carbocycles. The van der Waals surface area contributed by atoms with Crippen molar-refractivity contribution < 1.29 is 9.29 Å². The van der Waals surface area contributed by atoms with Crippen molar-refractivity contribution in [1.29, 1.82) is 0 Å². The van der Waals surface area contributed by atoms with E-state index >= 15 is 0 Å². The normalized spacial score (nSPS) is 19.4. The Bertz CT molecular complexity index is 765. The summed E-state index contributed by atoms with van der Waals surface area (Å²) >= 11 is -1.07. The average Bonchev–Trinajstić information content (AvgIpc) is 2.62. The molecule has 0 bridgehead atoms. The quantitative estimate of drug-likeness (QED) is 0.654. The van der Waals surface area contributed by atoms with E-state index in [0.717, 1.165) is 23.6 Å². The molecule has 0 spiro atoms. The van der Waals surface area contributed by atoms with E-state index in [1.165, 1.54) is 0 Å². The Hall–Kier alpha value is -1.83. The standard InChI is InChI=1S/C19H26N4O2S/c1-13-12-25-10-9-23(13)17-11-16(19(2,3)26(4)24)21-18(22-17)14-5-7-15(20)8-6-14/h5-8,11,13H,9-10,12,20H2,1-4H3/t13-,26?/m0/s1. The fraction of sp³-hybridized carbons (Fsp3) is 0.474. The Morgan fingerprint density at radius 3 is 2.58 bits per heavy atom. The minimum absolute atomic E-state index is 0.223. The van der Waals surface area contributed by atoms with Crippen LogP contribution in [-0.4, -0.2) is 46.6 Å². The summed E-state index contributed by atoms with van der Waals surface area (Å²) in [6.07, 6.45) is 1.71. The Morgan fingerprint density at radius 1 is 1.27 bits per heavy atom. The Kier molecular flexibility index (Phi) is 5.41. The fourth-order valence-electron chi connectivity index (χ4n) is 2.87. The molecule has 1 aromatic heterocycles. The largest absolute Gasteiger partial charge is 0.616 e. The van der Waals surface area contributed by atoms with Gasteiger partial charge in [-0.2, -0.15) is 0 Å². The van der Waals surface area contributed by atoms with E-state index in [1.807, 2.05) is 44.2 Å². The van der Waals surface area contributed by atoms with Crippen LogP contribution in [0.4, 0.5) is 11.5 Å². The molecule has 1 aliphatic rings. The first-order valence-corrected chi connectivity index (χ1v) is 10.3. The van der Waals surface area contributed by atoms with Gasteiger partial charge in [-0.15, -0.1) is 0 Å². The average molecular weight is 375 g/mol. The predicted molar refractivity (Wildman–Crippen MR) is 107 cm³/mol. The number of nitrogens with zero attached hydrogens (tertiary/aromatic N) is 3. The summed E-state index contributed by atoms with van der Waals surface area (Å²) in [5.74, 6) is 1.46. The first-order chi connectivity index (χ1) is 12.3. The Balaban J connectivity index is 2.11. The third-order valence-electron chi connectivity index (χ3n) is 4.88. The monoisotopic (exact) mass is 374 g/mol. The van der Waals surface area contributed by atoms with Crippen molar-refractivity contribution in [2.24, 2.45) is 0 Å². The van der Waals surface area contributed by atoms with E-state index in [1.54, 1.807) is 6.26 Å². The highest BCUT2D eigenvalue weighted by atomic mass is 32.2. The highest BCUT2D eigenvalue weighted by Crippen LogP contribution is 2.32. The summed E-state index contributed by atoms with van der Waals surface area (Å²) in [7, 11) is 0. The molecule has 1 aliphatic heterocycles. The van der Waals surface area contributed by atoms with E-state index in [4.69, 9.17) is 20.4 Å². The molecule has 0 saturated carbocycles. The van der Waals surface area contributed by atoms with Crippen molar-refractivity contribution in [3.05, 3.63) is 36.0 Å². The Morgan fingerprint density at radius 2 is 1.96 bits per heavy atom. The summed E-state index contributed by atoms with van der Waals surface area (Å²) in [5.41, 5.74) is 8.16. The molecule has 2 aromatic rings. The highest BCUT2D eigenvalue weighted by molar-refractivity contribution is 7.91. The van der Waals surface area contributed by atoms with Crippen molar-refractivity contribution in [2.75, 3.05) is 36.6 Å². The van der Waals surface area contributed by atoms with Crippen LogP contribution in [-0.2, 0) is 20.7 Å². The summed E-state index contributed by atoms with van der Waals surface area (Å²) < 4.78 is 17.3. The van der Waals surface area contributed by atoms with Crippen molar-refractivity contribution in [2.45, 2.75) is 31.6 Å². The van der Waals surface area contributed by atoms with Gasteiger partial charge in [0.25, 0.3) is 0 Å². The molecule has 2 heterocycles. The predicted octanol–water partition coefficient (Wildman–Crippen LogP) is 2.56. The SMILES string of the molecule is C[C@H]1COCCN1c1cc(C(C)(C)[S+](C)[O-])nc(-c2ccc(N)cc2)n1. The summed E-state index contributed by atoms with van der Waals surface area (Å²) in [6, 6.07) is 9.69. The van der Waals surface area contributed by atoms with Crippen LogP contribution >= 0.6 is 0 Å². The van der Waals surface area contributed by atoms with Gasteiger partial charge in [0.1, 0.15) is 11.5 Å². The summed E-state index contributed by atoms with van der Waals surface area (Å²) in [4.78, 5) is 11.8. The maximum Gasteiger partial charge on any atom is 0.161 e. The second-order valence-electron chi connectivity index (χ2n) is 7.14. The molecule has 1 unspecified atom stereocenters. The number of ether oxygens (including phenoxy) is 1. The van der Waals surface area contributed by atoms with Gasteiger partial charge in [0.05, 0.1) is 25.5 Å². The first-order valence-electron chi connectivity index (χ1n) is 8.72. The molecule has 2 N–H and O–H groups in total. The van der Waals surface area contributed by atoms with Gasteiger partial charge in [-0.1, -0.05) is 0 Å². The number of nitrogens with two attached hydrogens (primary N) is 1. The number of morpholine rings is 1. The maximum atomic E-state index is 12.3. The van der Waals surface area contributed by atoms with Crippen LogP contribution in [0.1, 0.15) is 26.5 Å². The van der Waals surface area contributed by atoms with Gasteiger partial charge in [-0.25, -0.2) is 9.97 Å². The lowest BCUT2D eigenvalue weighted by Crippen LogP contribution is -2.44. The van der Waals surface area contributed by atoms with Gasteiger partial charge in [-0.3, -0.25) is 0 Å². The second-order valence-corrected chi connectivity index (χ2v) is 9.07. The number of hydrogen-bond acceptors (Lipinski definition) is 6. The number of aromatic nitrogens is 2. The van der Waals surface area contributed by atoms with E-state index in [9.17, 15) is 4.55 Å². The van der Waals surface area contributed by atoms with E-state index in [0.29, 0.717) is 24.7 Å². The van der Waals surface area contributed by atoms with Crippen molar-refractivity contribution >= 4 is 22.7 Å². The molecule has 0 radical (unpaired) electrons. The number of benzene rings is 1. The van der Waals surface area contributed by atoms with E-state index < -0.39 is 15.9 Å². The third-order valence-corrected chi connectivity index (χ3v) is 6.53. The molecule has 3 rings (SSSR count). The third kappa shape index (κ3) is 3.79. The lowest BCUT2D eigenvalue weighted by Gasteiger charge is -2.35. The van der Waals surface area contributed by atoms with Crippen LogP contribution in [0.15, 0.2) is 30.3 Å². The lowest BCUT2D eigenvalue weighted by molar-refractivity contribution is 0.0985.